The molecule has 1 aliphatic carbocycles. The molecule has 0 saturated heterocycles. The second kappa shape index (κ2) is 5.63. The molecule has 5 heteroatoms. The van der Waals surface area contributed by atoms with Gasteiger partial charge in [0.2, 0.25) is 0 Å². The van der Waals surface area contributed by atoms with E-state index in [1.165, 1.54) is 31.3 Å². The van der Waals surface area contributed by atoms with Crippen LogP contribution in [0.3, 0.4) is 0 Å². The number of carboxylic acid groups (broad SMARTS) is 1. The number of hydrogen-bond donors (Lipinski definition) is 2. The van der Waals surface area contributed by atoms with E-state index in [2.05, 4.69) is 10.3 Å². The highest BCUT2D eigenvalue weighted by atomic mass is 16.5. The summed E-state index contributed by atoms with van der Waals surface area (Å²) in [6, 6.07) is 1.48. The smallest absolute Gasteiger partial charge is 0.337 e. The summed E-state index contributed by atoms with van der Waals surface area (Å²) < 4.78 is 5.45. The summed E-state index contributed by atoms with van der Waals surface area (Å²) in [7, 11) is 0. The summed E-state index contributed by atoms with van der Waals surface area (Å²) in [6.45, 7) is 2.00. The van der Waals surface area contributed by atoms with Gasteiger partial charge in [-0.05, 0) is 24.8 Å². The van der Waals surface area contributed by atoms with E-state index in [-0.39, 0.29) is 5.56 Å². The Bertz CT molecular complexity index is 391. The van der Waals surface area contributed by atoms with Gasteiger partial charge in [0.15, 0.2) is 0 Å². The summed E-state index contributed by atoms with van der Waals surface area (Å²) >= 11 is 0. The van der Waals surface area contributed by atoms with Crippen molar-refractivity contribution in [2.45, 2.75) is 12.8 Å². The van der Waals surface area contributed by atoms with Gasteiger partial charge in [-0.2, -0.15) is 0 Å². The van der Waals surface area contributed by atoms with Gasteiger partial charge in [0.1, 0.15) is 0 Å². The molecule has 5 nitrogen and oxygen atoms in total. The molecular formula is C12H16N2O3. The fraction of sp³-hybridized carbons (Fsp3) is 0.500. The van der Waals surface area contributed by atoms with Crippen LogP contribution in [0.1, 0.15) is 23.2 Å². The fourth-order valence-electron chi connectivity index (χ4n) is 1.51. The molecule has 0 spiro atoms. The monoisotopic (exact) mass is 236 g/mol. The Morgan fingerprint density at radius 1 is 1.59 bits per heavy atom. The number of hydrogen-bond acceptors (Lipinski definition) is 4. The number of aromatic carboxylic acids is 1. The van der Waals surface area contributed by atoms with Gasteiger partial charge in [0.05, 0.1) is 24.1 Å². The van der Waals surface area contributed by atoms with Crippen LogP contribution < -0.4 is 5.32 Å². The zero-order valence-corrected chi connectivity index (χ0v) is 9.56. The SMILES string of the molecule is O=C(O)c1ccncc1NCCOCC1CC1. The minimum atomic E-state index is -0.950. The zero-order chi connectivity index (χ0) is 12.1. The molecule has 0 atom stereocenters. The first-order valence-corrected chi connectivity index (χ1v) is 5.76. The minimum absolute atomic E-state index is 0.238. The van der Waals surface area contributed by atoms with Crippen LogP contribution in [0.4, 0.5) is 5.69 Å². The van der Waals surface area contributed by atoms with E-state index >= 15 is 0 Å². The normalized spacial score (nSPS) is 14.6. The predicted octanol–water partition coefficient (Wildman–Crippen LogP) is 1.62. The van der Waals surface area contributed by atoms with E-state index in [1.807, 2.05) is 0 Å². The van der Waals surface area contributed by atoms with E-state index in [9.17, 15) is 4.79 Å². The molecule has 1 aromatic heterocycles. The number of anilines is 1. The molecule has 2 rings (SSSR count). The summed E-state index contributed by atoms with van der Waals surface area (Å²) in [5.74, 6) is -0.197. The number of nitrogens with one attached hydrogen (secondary N) is 1. The topological polar surface area (TPSA) is 71.5 Å². The number of aromatic nitrogens is 1. The molecule has 1 heterocycles. The summed E-state index contributed by atoms with van der Waals surface area (Å²) in [5, 5.41) is 12.0. The number of pyridine rings is 1. The molecule has 1 saturated carbocycles. The molecule has 1 aliphatic rings. The summed E-state index contributed by atoms with van der Waals surface area (Å²) in [4.78, 5) is 14.8. The molecule has 92 valence electrons. The highest BCUT2D eigenvalue weighted by Crippen LogP contribution is 2.28. The van der Waals surface area contributed by atoms with Crippen molar-refractivity contribution >= 4 is 11.7 Å². The number of nitrogens with zero attached hydrogens (tertiary/aromatic N) is 1. The lowest BCUT2D eigenvalue weighted by molar-refractivity contribution is 0.0697. The second-order valence-corrected chi connectivity index (χ2v) is 4.17. The van der Waals surface area contributed by atoms with Crippen molar-refractivity contribution < 1.29 is 14.6 Å². The van der Waals surface area contributed by atoms with Gasteiger partial charge in [0.25, 0.3) is 0 Å². The Morgan fingerprint density at radius 2 is 2.41 bits per heavy atom. The Morgan fingerprint density at radius 3 is 3.12 bits per heavy atom. The molecule has 0 aliphatic heterocycles. The first-order chi connectivity index (χ1) is 8.27. The molecule has 0 unspecified atom stereocenters. The number of ether oxygens (including phenoxy) is 1. The highest BCUT2D eigenvalue weighted by Gasteiger charge is 2.20. The molecule has 1 fully saturated rings. The lowest BCUT2D eigenvalue weighted by Crippen LogP contribution is -2.13. The molecule has 0 aromatic carbocycles. The van der Waals surface area contributed by atoms with Gasteiger partial charge in [-0.25, -0.2) is 4.79 Å². The van der Waals surface area contributed by atoms with Crippen LogP contribution in [0.25, 0.3) is 0 Å². The highest BCUT2D eigenvalue weighted by molar-refractivity contribution is 5.93. The van der Waals surface area contributed by atoms with Crippen LogP contribution in [0.5, 0.6) is 0 Å². The number of carbonyl (C=O) groups is 1. The van der Waals surface area contributed by atoms with Crippen LogP contribution in [0.15, 0.2) is 18.5 Å². The van der Waals surface area contributed by atoms with E-state index < -0.39 is 5.97 Å². The maximum atomic E-state index is 10.9. The number of rotatable bonds is 7. The molecular weight excluding hydrogens is 220 g/mol. The van der Waals surface area contributed by atoms with Gasteiger partial charge in [-0.3, -0.25) is 4.98 Å². The van der Waals surface area contributed by atoms with Crippen LogP contribution >= 0.6 is 0 Å². The lowest BCUT2D eigenvalue weighted by Gasteiger charge is -2.08. The van der Waals surface area contributed by atoms with Crippen molar-refractivity contribution in [2.75, 3.05) is 25.1 Å². The molecule has 0 bridgehead atoms. The first-order valence-electron chi connectivity index (χ1n) is 5.76. The van der Waals surface area contributed by atoms with Crippen molar-refractivity contribution in [1.29, 1.82) is 0 Å². The zero-order valence-electron chi connectivity index (χ0n) is 9.56. The summed E-state index contributed by atoms with van der Waals surface area (Å²) in [6.07, 6.45) is 5.54. The Balaban J connectivity index is 1.75. The van der Waals surface area contributed by atoms with Gasteiger partial charge in [-0.15, -0.1) is 0 Å². The summed E-state index contributed by atoms with van der Waals surface area (Å²) in [5.41, 5.74) is 0.775. The second-order valence-electron chi connectivity index (χ2n) is 4.17. The Hall–Kier alpha value is -1.62. The van der Waals surface area contributed by atoms with Crippen LogP contribution in [-0.4, -0.2) is 35.8 Å². The van der Waals surface area contributed by atoms with Crippen molar-refractivity contribution in [3.8, 4) is 0 Å². The van der Waals surface area contributed by atoms with Crippen LogP contribution in [0, 0.1) is 5.92 Å². The van der Waals surface area contributed by atoms with E-state index in [4.69, 9.17) is 9.84 Å². The number of carboxylic acids is 1. The average molecular weight is 236 g/mol. The fourth-order valence-corrected chi connectivity index (χ4v) is 1.51. The third-order valence-electron chi connectivity index (χ3n) is 2.66. The largest absolute Gasteiger partial charge is 0.478 e. The predicted molar refractivity (Wildman–Crippen MR) is 63.2 cm³/mol. The standard InChI is InChI=1S/C12H16N2O3/c15-12(16)10-3-4-13-7-11(10)14-5-6-17-8-9-1-2-9/h3-4,7,9,14H,1-2,5-6,8H2,(H,15,16). The Kier molecular flexibility index (Phi) is 3.93. The van der Waals surface area contributed by atoms with Crippen molar-refractivity contribution in [2.24, 2.45) is 5.92 Å². The minimum Gasteiger partial charge on any atom is -0.478 e. The molecule has 17 heavy (non-hydrogen) atoms. The van der Waals surface area contributed by atoms with Crippen molar-refractivity contribution in [3.63, 3.8) is 0 Å². The lowest BCUT2D eigenvalue weighted by atomic mass is 10.2. The van der Waals surface area contributed by atoms with E-state index in [0.717, 1.165) is 12.5 Å². The quantitative estimate of drug-likeness (QED) is 0.704. The van der Waals surface area contributed by atoms with Gasteiger partial charge >= 0.3 is 5.97 Å². The molecule has 1 aromatic rings. The van der Waals surface area contributed by atoms with Gasteiger partial charge in [-0.1, -0.05) is 0 Å². The van der Waals surface area contributed by atoms with Gasteiger partial charge in [0, 0.05) is 19.3 Å². The van der Waals surface area contributed by atoms with Crippen molar-refractivity contribution in [1.82, 2.24) is 4.98 Å². The van der Waals surface area contributed by atoms with Crippen molar-refractivity contribution in [3.05, 3.63) is 24.0 Å². The molecule has 2 N–H and O–H groups in total. The van der Waals surface area contributed by atoms with E-state index in [1.54, 1.807) is 0 Å². The molecule has 0 radical (unpaired) electrons. The van der Waals surface area contributed by atoms with Crippen LogP contribution in [-0.2, 0) is 4.74 Å². The molecule has 0 amide bonds. The average Bonchev–Trinajstić information content (AvgIpc) is 3.13. The third-order valence-corrected chi connectivity index (χ3v) is 2.66. The Labute approximate surface area is 99.8 Å². The van der Waals surface area contributed by atoms with E-state index in [0.29, 0.717) is 18.8 Å². The third kappa shape index (κ3) is 3.71. The maximum absolute atomic E-state index is 10.9. The maximum Gasteiger partial charge on any atom is 0.337 e. The van der Waals surface area contributed by atoms with Gasteiger partial charge < -0.3 is 15.2 Å². The first kappa shape index (κ1) is 11.9. The van der Waals surface area contributed by atoms with Crippen LogP contribution in [0.2, 0.25) is 0 Å².